The number of rotatable bonds is 5. The largest absolute Gasteiger partial charge is 1.00 e. The van der Waals surface area contributed by atoms with Crippen LogP contribution in [0, 0.1) is 0 Å². The Morgan fingerprint density at radius 1 is 0.786 bits per heavy atom. The molecule has 0 spiro atoms. The van der Waals surface area contributed by atoms with E-state index in [2.05, 4.69) is 0 Å². The third-order valence-corrected chi connectivity index (χ3v) is 5.95. The van der Waals surface area contributed by atoms with E-state index in [9.17, 15) is 25.9 Å². The van der Waals surface area contributed by atoms with Crippen LogP contribution in [0.25, 0.3) is 0 Å². The third-order valence-electron chi connectivity index (χ3n) is 0.468. The molecule has 0 rings (SSSR count). The molecule has 0 aromatic rings. The minimum absolute atomic E-state index is 0. The van der Waals surface area contributed by atoms with Gasteiger partial charge in [0.1, 0.15) is 20.2 Å². The first-order valence-electron chi connectivity index (χ1n) is 2.32. The molecule has 0 saturated carbocycles. The van der Waals surface area contributed by atoms with Crippen LogP contribution in [-0.4, -0.2) is 36.1 Å². The van der Waals surface area contributed by atoms with Crippen molar-refractivity contribution in [1.29, 1.82) is 0 Å². The molecule has 12 heteroatoms. The molecule has 0 unspecified atom stereocenters. The molecule has 0 aliphatic rings. The molecule has 0 aliphatic heterocycles. The van der Waals surface area contributed by atoms with Crippen LogP contribution in [0.15, 0.2) is 0 Å². The van der Waals surface area contributed by atoms with Gasteiger partial charge in [0.25, 0.3) is 0 Å². The van der Waals surface area contributed by atoms with Gasteiger partial charge in [-0.3, -0.25) is 0 Å². The van der Waals surface area contributed by atoms with Gasteiger partial charge in [-0.25, -0.2) is 16.8 Å². The van der Waals surface area contributed by atoms with Crippen LogP contribution in [0.3, 0.4) is 0 Å². The molecular weight excluding hydrogens is 294 g/mol. The van der Waals surface area contributed by atoms with Gasteiger partial charge in [0.15, 0.2) is 0 Å². The number of hydrogen-bond acceptors (Lipinski definition) is 8. The Balaban J connectivity index is -0.000000605. The van der Waals surface area contributed by atoms with Crippen molar-refractivity contribution in [2.45, 2.75) is 0 Å². The third kappa shape index (κ3) is 20.0. The molecule has 0 aromatic heterocycles. The smallest absolute Gasteiger partial charge is 0.747 e. The Labute approximate surface area is 135 Å². The zero-order valence-corrected chi connectivity index (χ0v) is 14.8. The van der Waals surface area contributed by atoms with E-state index in [0.717, 1.165) is 0 Å². The fraction of sp³-hybridized carbons (Fsp3) is 1.00. The molecule has 74 valence electrons. The van der Waals surface area contributed by atoms with Crippen molar-refractivity contribution in [3.05, 3.63) is 0 Å². The maximum Gasteiger partial charge on any atom is 1.00 e. The summed E-state index contributed by atoms with van der Waals surface area (Å²) in [5.74, 6) is 0. The summed E-state index contributed by atoms with van der Waals surface area (Å²) >= 11 is 0. The Morgan fingerprint density at radius 3 is 1.14 bits per heavy atom. The molecule has 0 atom stereocenters. The van der Waals surface area contributed by atoms with E-state index in [1.54, 1.807) is 0 Å². The fourth-order valence-electron chi connectivity index (χ4n) is 0.186. The first-order valence-corrected chi connectivity index (χ1v) is 7.96. The van der Waals surface area contributed by atoms with Crippen molar-refractivity contribution in [2.24, 2.45) is 0 Å². The molecule has 0 N–H and O–H groups in total. The van der Waals surface area contributed by atoms with E-state index in [1.807, 2.05) is 0 Å². The fourth-order valence-corrected chi connectivity index (χ4v) is 5.02. The Morgan fingerprint density at radius 2 is 1.00 bits per heavy atom. The molecule has 0 amide bonds. The molecule has 14 heavy (non-hydrogen) atoms. The molecule has 0 aliphatic carbocycles. The molecule has 0 aromatic carbocycles. The SMILES string of the molecule is O=S(=O)([O-])CSSCS(=O)(=O)[O-].[Na+].[Na+]. The average molecular weight is 298 g/mol. The molecular formula is C2H4Na2O6S4. The normalized spacial score (nSPS) is 11.3. The second-order valence-corrected chi connectivity index (χ2v) is 7.59. The molecule has 6 nitrogen and oxygen atoms in total. The monoisotopic (exact) mass is 298 g/mol. The maximum atomic E-state index is 9.94. The van der Waals surface area contributed by atoms with Crippen molar-refractivity contribution in [2.75, 3.05) is 10.2 Å². The van der Waals surface area contributed by atoms with E-state index in [1.165, 1.54) is 0 Å². The molecule has 0 fully saturated rings. The van der Waals surface area contributed by atoms with Crippen molar-refractivity contribution in [1.82, 2.24) is 0 Å². The first-order chi connectivity index (χ1) is 5.21. The van der Waals surface area contributed by atoms with E-state index >= 15 is 0 Å². The zero-order valence-electron chi connectivity index (χ0n) is 7.50. The molecule has 0 heterocycles. The van der Waals surface area contributed by atoms with E-state index in [0.29, 0.717) is 21.6 Å². The van der Waals surface area contributed by atoms with Crippen LogP contribution in [0.1, 0.15) is 0 Å². The summed E-state index contributed by atoms with van der Waals surface area (Å²) in [6.07, 6.45) is 0. The van der Waals surface area contributed by atoms with Gasteiger partial charge in [0, 0.05) is 0 Å². The van der Waals surface area contributed by atoms with Gasteiger partial charge >= 0.3 is 59.1 Å². The minimum atomic E-state index is -4.35. The van der Waals surface area contributed by atoms with Crippen LogP contribution in [0.4, 0.5) is 0 Å². The summed E-state index contributed by atoms with van der Waals surface area (Å²) in [5.41, 5.74) is 0. The Bertz CT molecular complexity index is 286. The van der Waals surface area contributed by atoms with Crippen molar-refractivity contribution in [3.8, 4) is 0 Å². The predicted octanol–water partition coefficient (Wildman–Crippen LogP) is -6.62. The van der Waals surface area contributed by atoms with E-state index in [4.69, 9.17) is 0 Å². The Kier molecular flexibility index (Phi) is 14.8. The van der Waals surface area contributed by atoms with Crippen LogP contribution < -0.4 is 59.1 Å². The summed E-state index contributed by atoms with van der Waals surface area (Å²) in [6, 6.07) is 0. The zero-order chi connectivity index (χ0) is 9.83. The van der Waals surface area contributed by atoms with Crippen molar-refractivity contribution in [3.63, 3.8) is 0 Å². The molecule has 0 radical (unpaired) electrons. The maximum absolute atomic E-state index is 9.94. The van der Waals surface area contributed by atoms with Crippen LogP contribution in [0.2, 0.25) is 0 Å². The summed E-state index contributed by atoms with van der Waals surface area (Å²) < 4.78 is 59.6. The van der Waals surface area contributed by atoms with Crippen LogP contribution >= 0.6 is 21.6 Å². The van der Waals surface area contributed by atoms with E-state index < -0.39 is 30.4 Å². The van der Waals surface area contributed by atoms with Crippen LogP contribution in [0.5, 0.6) is 0 Å². The average Bonchev–Trinajstić information content (AvgIpc) is 1.76. The van der Waals surface area contributed by atoms with Crippen LogP contribution in [-0.2, 0) is 20.2 Å². The quantitative estimate of drug-likeness (QED) is 0.213. The van der Waals surface area contributed by atoms with Gasteiger partial charge in [-0.05, 0) is 0 Å². The second-order valence-electron chi connectivity index (χ2n) is 1.59. The van der Waals surface area contributed by atoms with Gasteiger partial charge in [-0.15, -0.1) is 0 Å². The van der Waals surface area contributed by atoms with E-state index in [-0.39, 0.29) is 59.1 Å². The van der Waals surface area contributed by atoms with Gasteiger partial charge in [-0.1, -0.05) is 21.6 Å². The molecule has 0 bridgehead atoms. The van der Waals surface area contributed by atoms with Crippen molar-refractivity contribution < 1.29 is 85.1 Å². The van der Waals surface area contributed by atoms with Crippen molar-refractivity contribution >= 4 is 41.8 Å². The standard InChI is InChI=1S/C2H6O6S4.2Na/c3-11(4,5)1-9-10-2-12(6,7)8;;/h1-2H2,(H,3,4,5)(H,6,7,8);;/q;2*+1/p-2. The van der Waals surface area contributed by atoms with Gasteiger partial charge in [0.2, 0.25) is 0 Å². The number of hydrogen-bond donors (Lipinski definition) is 0. The molecule has 0 saturated heterocycles. The van der Waals surface area contributed by atoms with Gasteiger partial charge < -0.3 is 9.11 Å². The summed E-state index contributed by atoms with van der Waals surface area (Å²) in [6.45, 7) is 0. The second kappa shape index (κ2) is 9.54. The summed E-state index contributed by atoms with van der Waals surface area (Å²) in [4.78, 5) is 0. The van der Waals surface area contributed by atoms with Gasteiger partial charge in [-0.2, -0.15) is 0 Å². The topological polar surface area (TPSA) is 114 Å². The summed E-state index contributed by atoms with van der Waals surface area (Å²) in [5, 5.41) is -1.49. The van der Waals surface area contributed by atoms with Gasteiger partial charge in [0.05, 0.1) is 10.2 Å². The Hall–Kier alpha value is 2.52. The summed E-state index contributed by atoms with van der Waals surface area (Å²) in [7, 11) is -7.64. The first kappa shape index (κ1) is 21.8. The minimum Gasteiger partial charge on any atom is -0.747 e. The predicted molar refractivity (Wildman–Crippen MR) is 44.3 cm³/mol.